The zero-order valence-electron chi connectivity index (χ0n) is 11.4. The lowest BCUT2D eigenvalue weighted by atomic mass is 10.1. The van der Waals surface area contributed by atoms with E-state index < -0.39 is 0 Å². The van der Waals surface area contributed by atoms with E-state index in [4.69, 9.17) is 4.74 Å². The molecule has 0 N–H and O–H groups in total. The number of benzene rings is 1. The molecular formula is C15H20FNO2. The molecule has 0 spiro atoms. The van der Waals surface area contributed by atoms with Crippen LogP contribution in [0.15, 0.2) is 24.3 Å². The Labute approximate surface area is 113 Å². The highest BCUT2D eigenvalue weighted by molar-refractivity contribution is 5.96. The molecule has 0 aromatic heterocycles. The first kappa shape index (κ1) is 14.2. The maximum absolute atomic E-state index is 13.0. The molecule has 0 aliphatic carbocycles. The summed E-state index contributed by atoms with van der Waals surface area (Å²) in [5, 5.41) is 0. The Morgan fingerprint density at radius 1 is 1.37 bits per heavy atom. The smallest absolute Gasteiger partial charge is 0.164 e. The molecule has 2 rings (SSSR count). The molecule has 0 saturated carbocycles. The molecule has 1 aliphatic rings. The van der Waals surface area contributed by atoms with Crippen LogP contribution in [0, 0.1) is 5.82 Å². The largest absolute Gasteiger partial charge is 0.373 e. The summed E-state index contributed by atoms with van der Waals surface area (Å²) in [6.45, 7) is 6.48. The average Bonchev–Trinajstić information content (AvgIpc) is 2.35. The molecule has 104 valence electrons. The molecule has 2 atom stereocenters. The van der Waals surface area contributed by atoms with Gasteiger partial charge >= 0.3 is 0 Å². The van der Waals surface area contributed by atoms with E-state index in [0.717, 1.165) is 13.1 Å². The number of Topliss-reactive ketones (excluding diaryl/α,β-unsaturated/α-hetero) is 1. The molecule has 1 aliphatic heterocycles. The second-order valence-corrected chi connectivity index (χ2v) is 5.20. The van der Waals surface area contributed by atoms with Crippen molar-refractivity contribution in [3.05, 3.63) is 35.6 Å². The van der Waals surface area contributed by atoms with Gasteiger partial charge in [-0.05, 0) is 26.0 Å². The van der Waals surface area contributed by atoms with Gasteiger partial charge in [-0.1, -0.05) is 12.1 Å². The fourth-order valence-electron chi connectivity index (χ4n) is 2.53. The Morgan fingerprint density at radius 3 is 2.68 bits per heavy atom. The van der Waals surface area contributed by atoms with Crippen LogP contribution < -0.4 is 0 Å². The van der Waals surface area contributed by atoms with E-state index >= 15 is 0 Å². The monoisotopic (exact) mass is 265 g/mol. The van der Waals surface area contributed by atoms with Crippen molar-refractivity contribution in [2.24, 2.45) is 0 Å². The molecule has 4 heteroatoms. The Balaban J connectivity index is 1.86. The highest BCUT2D eigenvalue weighted by Crippen LogP contribution is 2.12. The number of halogens is 1. The lowest BCUT2D eigenvalue weighted by Gasteiger charge is -2.35. The summed E-state index contributed by atoms with van der Waals surface area (Å²) < 4.78 is 18.7. The molecule has 3 nitrogen and oxygen atoms in total. The summed E-state index contributed by atoms with van der Waals surface area (Å²) in [6.07, 6.45) is 0.823. The summed E-state index contributed by atoms with van der Waals surface area (Å²) in [5.41, 5.74) is 0.453. The predicted molar refractivity (Wildman–Crippen MR) is 71.8 cm³/mol. The highest BCUT2D eigenvalue weighted by Gasteiger charge is 2.22. The molecule has 0 amide bonds. The minimum absolute atomic E-state index is 0.00806. The fourth-order valence-corrected chi connectivity index (χ4v) is 2.53. The second kappa shape index (κ2) is 6.26. The number of hydrogen-bond acceptors (Lipinski definition) is 3. The first-order valence-corrected chi connectivity index (χ1v) is 6.71. The summed E-state index contributed by atoms with van der Waals surface area (Å²) >= 11 is 0. The molecule has 1 aromatic carbocycles. The van der Waals surface area contributed by atoms with Crippen LogP contribution in [-0.4, -0.2) is 42.5 Å². The third-order valence-corrected chi connectivity index (χ3v) is 3.30. The van der Waals surface area contributed by atoms with Crippen LogP contribution in [0.1, 0.15) is 30.6 Å². The molecule has 0 radical (unpaired) electrons. The van der Waals surface area contributed by atoms with Gasteiger partial charge in [0.1, 0.15) is 5.82 Å². The number of ether oxygens (including phenoxy) is 1. The molecule has 1 aromatic rings. The maximum Gasteiger partial charge on any atom is 0.164 e. The van der Waals surface area contributed by atoms with Crippen molar-refractivity contribution in [3.8, 4) is 0 Å². The van der Waals surface area contributed by atoms with Gasteiger partial charge in [0.2, 0.25) is 0 Å². The van der Waals surface area contributed by atoms with Crippen molar-refractivity contribution in [1.29, 1.82) is 0 Å². The normalized spacial score (nSPS) is 24.4. The van der Waals surface area contributed by atoms with Crippen molar-refractivity contribution in [2.45, 2.75) is 32.5 Å². The van der Waals surface area contributed by atoms with E-state index in [1.807, 2.05) is 13.8 Å². The summed E-state index contributed by atoms with van der Waals surface area (Å²) in [7, 11) is 0. The van der Waals surface area contributed by atoms with Gasteiger partial charge in [-0.15, -0.1) is 0 Å². The van der Waals surface area contributed by atoms with Crippen LogP contribution in [0.3, 0.4) is 0 Å². The van der Waals surface area contributed by atoms with Gasteiger partial charge in [-0.3, -0.25) is 9.69 Å². The molecule has 1 fully saturated rings. The molecule has 19 heavy (non-hydrogen) atoms. The van der Waals surface area contributed by atoms with Crippen molar-refractivity contribution in [2.75, 3.05) is 19.6 Å². The number of carbonyl (C=O) groups excluding carboxylic acids is 1. The Bertz CT molecular complexity index is 440. The van der Waals surface area contributed by atoms with Crippen LogP contribution in [-0.2, 0) is 4.74 Å². The van der Waals surface area contributed by atoms with E-state index in [-0.39, 0.29) is 23.8 Å². The number of rotatable bonds is 4. The van der Waals surface area contributed by atoms with Crippen molar-refractivity contribution < 1.29 is 13.9 Å². The second-order valence-electron chi connectivity index (χ2n) is 5.20. The first-order chi connectivity index (χ1) is 9.04. The molecule has 1 heterocycles. The number of morpholine rings is 1. The molecule has 0 bridgehead atoms. The quantitative estimate of drug-likeness (QED) is 0.783. The van der Waals surface area contributed by atoms with Gasteiger partial charge in [0.05, 0.1) is 12.2 Å². The van der Waals surface area contributed by atoms with Gasteiger partial charge in [0.15, 0.2) is 5.78 Å². The predicted octanol–water partition coefficient (Wildman–Crippen LogP) is 2.51. The van der Waals surface area contributed by atoms with E-state index in [0.29, 0.717) is 18.5 Å². The van der Waals surface area contributed by atoms with E-state index in [9.17, 15) is 9.18 Å². The van der Waals surface area contributed by atoms with Crippen LogP contribution in [0.5, 0.6) is 0 Å². The third kappa shape index (κ3) is 4.11. The van der Waals surface area contributed by atoms with Crippen LogP contribution in [0.2, 0.25) is 0 Å². The minimum Gasteiger partial charge on any atom is -0.373 e. The summed E-state index contributed by atoms with van der Waals surface area (Å²) in [6, 6.07) is 5.88. The van der Waals surface area contributed by atoms with Gasteiger partial charge in [0, 0.05) is 31.6 Å². The third-order valence-electron chi connectivity index (χ3n) is 3.30. The lowest BCUT2D eigenvalue weighted by molar-refractivity contribution is -0.0675. The van der Waals surface area contributed by atoms with Crippen molar-refractivity contribution >= 4 is 5.78 Å². The number of nitrogens with zero attached hydrogens (tertiary/aromatic N) is 1. The summed E-state index contributed by atoms with van der Waals surface area (Å²) in [5.74, 6) is -0.370. The van der Waals surface area contributed by atoms with E-state index in [1.54, 1.807) is 12.1 Å². The topological polar surface area (TPSA) is 29.5 Å². The van der Waals surface area contributed by atoms with Crippen LogP contribution in [0.4, 0.5) is 4.39 Å². The highest BCUT2D eigenvalue weighted by atomic mass is 19.1. The summed E-state index contributed by atoms with van der Waals surface area (Å²) in [4.78, 5) is 14.2. The van der Waals surface area contributed by atoms with Gasteiger partial charge < -0.3 is 4.74 Å². The van der Waals surface area contributed by atoms with E-state index in [2.05, 4.69) is 4.90 Å². The maximum atomic E-state index is 13.0. The molecular weight excluding hydrogens is 245 g/mol. The minimum atomic E-state index is -0.362. The fraction of sp³-hybridized carbons (Fsp3) is 0.533. The number of carbonyl (C=O) groups is 1. The Morgan fingerprint density at radius 2 is 2.05 bits per heavy atom. The Kier molecular flexibility index (Phi) is 4.66. The van der Waals surface area contributed by atoms with Crippen molar-refractivity contribution in [3.63, 3.8) is 0 Å². The number of hydrogen-bond donors (Lipinski definition) is 0. The molecule has 2 unspecified atom stereocenters. The standard InChI is InChI=1S/C15H20FNO2/c1-11-9-17(10-12(2)19-11)7-6-15(18)13-4-3-5-14(16)8-13/h3-5,8,11-12H,6-7,9-10H2,1-2H3. The Hall–Kier alpha value is -1.26. The van der Waals surface area contributed by atoms with Crippen LogP contribution >= 0.6 is 0 Å². The lowest BCUT2D eigenvalue weighted by Crippen LogP contribution is -2.46. The average molecular weight is 265 g/mol. The zero-order chi connectivity index (χ0) is 13.8. The first-order valence-electron chi connectivity index (χ1n) is 6.71. The van der Waals surface area contributed by atoms with Gasteiger partial charge in [0.25, 0.3) is 0 Å². The SMILES string of the molecule is CC1CN(CCC(=O)c2cccc(F)c2)CC(C)O1. The van der Waals surface area contributed by atoms with Crippen molar-refractivity contribution in [1.82, 2.24) is 4.90 Å². The van der Waals surface area contributed by atoms with Gasteiger partial charge in [-0.25, -0.2) is 4.39 Å². The molecule has 1 saturated heterocycles. The van der Waals surface area contributed by atoms with Crippen LogP contribution in [0.25, 0.3) is 0 Å². The number of ketones is 1. The van der Waals surface area contributed by atoms with Gasteiger partial charge in [-0.2, -0.15) is 0 Å². The van der Waals surface area contributed by atoms with E-state index in [1.165, 1.54) is 12.1 Å². The zero-order valence-corrected chi connectivity index (χ0v) is 11.4.